The molecule has 1 atom stereocenters. The maximum Gasteiger partial charge on any atom is 0.161 e. The molecule has 0 saturated carbocycles. The average Bonchev–Trinajstić information content (AvgIpc) is 2.86. The first-order valence-corrected chi connectivity index (χ1v) is 6.46. The van der Waals surface area contributed by atoms with Crippen LogP contribution in [-0.4, -0.2) is 23.5 Å². The van der Waals surface area contributed by atoms with Crippen LogP contribution in [0, 0.1) is 0 Å². The molecule has 1 heterocycles. The summed E-state index contributed by atoms with van der Waals surface area (Å²) in [5.74, 6) is 7.20. The Balaban J connectivity index is 1.97. The van der Waals surface area contributed by atoms with Gasteiger partial charge in [0.05, 0.1) is 31.6 Å². The van der Waals surface area contributed by atoms with E-state index in [-0.39, 0.29) is 6.04 Å². The number of nitrogens with two attached hydrogens (primary N) is 1. The van der Waals surface area contributed by atoms with Crippen LogP contribution < -0.4 is 20.7 Å². The highest BCUT2D eigenvalue weighted by Crippen LogP contribution is 2.26. The summed E-state index contributed by atoms with van der Waals surface area (Å²) in [5, 5.41) is 4.18. The number of nitrogens with zero attached hydrogens (tertiary/aromatic N) is 2. The molecule has 0 fully saturated rings. The van der Waals surface area contributed by atoms with E-state index in [1.807, 2.05) is 37.4 Å². The molecule has 1 aromatic carbocycles. The predicted molar refractivity (Wildman–Crippen MR) is 76.4 cm³/mol. The molecule has 0 amide bonds. The van der Waals surface area contributed by atoms with Crippen molar-refractivity contribution in [3.63, 3.8) is 0 Å². The molecule has 2 aromatic rings. The molecular formula is C14H20N4O2. The summed E-state index contributed by atoms with van der Waals surface area (Å²) in [6.45, 7) is 0.549. The molecule has 3 N–H and O–H groups in total. The number of hydrogen-bond acceptors (Lipinski definition) is 5. The number of ether oxygens (including phenoxy) is 2. The third kappa shape index (κ3) is 3.28. The van der Waals surface area contributed by atoms with Gasteiger partial charge in [-0.15, -0.1) is 0 Å². The van der Waals surface area contributed by atoms with Crippen molar-refractivity contribution >= 4 is 0 Å². The maximum absolute atomic E-state index is 5.68. The van der Waals surface area contributed by atoms with Crippen LogP contribution in [0.1, 0.15) is 18.2 Å². The van der Waals surface area contributed by atoms with Crippen LogP contribution in [0.15, 0.2) is 36.5 Å². The number of para-hydroxylation sites is 1. The molecule has 0 saturated heterocycles. The lowest BCUT2D eigenvalue weighted by Gasteiger charge is -2.18. The Morgan fingerprint density at radius 3 is 2.75 bits per heavy atom. The van der Waals surface area contributed by atoms with Crippen LogP contribution in [0.4, 0.5) is 0 Å². The zero-order valence-corrected chi connectivity index (χ0v) is 11.7. The number of nitrogens with one attached hydrogen (secondary N) is 1. The van der Waals surface area contributed by atoms with E-state index in [9.17, 15) is 0 Å². The van der Waals surface area contributed by atoms with Gasteiger partial charge in [0, 0.05) is 13.5 Å². The first kappa shape index (κ1) is 14.4. The molecule has 0 aliphatic heterocycles. The van der Waals surface area contributed by atoms with E-state index < -0.39 is 0 Å². The van der Waals surface area contributed by atoms with Crippen molar-refractivity contribution < 1.29 is 9.47 Å². The lowest BCUT2D eigenvalue weighted by molar-refractivity contribution is 0.280. The fourth-order valence-corrected chi connectivity index (χ4v) is 2.09. The topological polar surface area (TPSA) is 74.3 Å². The van der Waals surface area contributed by atoms with Crippen LogP contribution in [0.5, 0.6) is 11.5 Å². The van der Waals surface area contributed by atoms with Gasteiger partial charge in [-0.05, 0) is 12.1 Å². The Hall–Kier alpha value is -2.05. The summed E-state index contributed by atoms with van der Waals surface area (Å²) in [6.07, 6.45) is 2.39. The van der Waals surface area contributed by atoms with Crippen LogP contribution in [-0.2, 0) is 7.05 Å². The lowest BCUT2D eigenvalue weighted by Crippen LogP contribution is -2.31. The third-order valence-corrected chi connectivity index (χ3v) is 3.12. The smallest absolute Gasteiger partial charge is 0.161 e. The summed E-state index contributed by atoms with van der Waals surface area (Å²) in [6, 6.07) is 9.61. The van der Waals surface area contributed by atoms with Gasteiger partial charge in [0.1, 0.15) is 5.75 Å². The van der Waals surface area contributed by atoms with Crippen LogP contribution in [0.2, 0.25) is 0 Å². The summed E-state index contributed by atoms with van der Waals surface area (Å²) >= 11 is 0. The number of rotatable bonds is 7. The molecule has 0 spiro atoms. The molecule has 0 aliphatic carbocycles. The van der Waals surface area contributed by atoms with Crippen molar-refractivity contribution in [2.24, 2.45) is 12.9 Å². The Bertz CT molecular complexity index is 527. The zero-order chi connectivity index (χ0) is 14.4. The Labute approximate surface area is 118 Å². The molecule has 1 aromatic heterocycles. The molecule has 6 heteroatoms. The fraction of sp³-hybridized carbons (Fsp3) is 0.357. The highest BCUT2D eigenvalue weighted by Gasteiger charge is 2.19. The van der Waals surface area contributed by atoms with Gasteiger partial charge in [0.25, 0.3) is 0 Å². The SMILES string of the molecule is COc1cnn(C)c1C(CCOc1ccccc1)NN. The quantitative estimate of drug-likeness (QED) is 0.590. The second-order valence-electron chi connectivity index (χ2n) is 4.39. The van der Waals surface area contributed by atoms with E-state index in [4.69, 9.17) is 15.3 Å². The number of hydrogen-bond donors (Lipinski definition) is 2. The van der Waals surface area contributed by atoms with Gasteiger partial charge in [-0.2, -0.15) is 5.10 Å². The number of aryl methyl sites for hydroxylation is 1. The van der Waals surface area contributed by atoms with E-state index in [1.165, 1.54) is 0 Å². The molecule has 0 aliphatic rings. The summed E-state index contributed by atoms with van der Waals surface area (Å²) in [4.78, 5) is 0. The second kappa shape index (κ2) is 6.93. The molecule has 1 unspecified atom stereocenters. The van der Waals surface area contributed by atoms with Gasteiger partial charge < -0.3 is 9.47 Å². The lowest BCUT2D eigenvalue weighted by atomic mass is 10.1. The largest absolute Gasteiger partial charge is 0.494 e. The predicted octanol–water partition coefficient (Wildman–Crippen LogP) is 1.40. The minimum atomic E-state index is -0.0823. The minimum Gasteiger partial charge on any atom is -0.494 e. The van der Waals surface area contributed by atoms with E-state index in [2.05, 4.69) is 10.5 Å². The average molecular weight is 276 g/mol. The summed E-state index contributed by atoms with van der Waals surface area (Å²) in [5.41, 5.74) is 3.69. The van der Waals surface area contributed by atoms with Crippen molar-refractivity contribution in [3.05, 3.63) is 42.2 Å². The van der Waals surface area contributed by atoms with Crippen LogP contribution in [0.25, 0.3) is 0 Å². The second-order valence-corrected chi connectivity index (χ2v) is 4.39. The molecular weight excluding hydrogens is 256 g/mol. The maximum atomic E-state index is 5.68. The molecule has 0 radical (unpaired) electrons. The number of aromatic nitrogens is 2. The third-order valence-electron chi connectivity index (χ3n) is 3.12. The molecule has 6 nitrogen and oxygen atoms in total. The van der Waals surface area contributed by atoms with Crippen molar-refractivity contribution in [1.82, 2.24) is 15.2 Å². The Morgan fingerprint density at radius 1 is 1.35 bits per heavy atom. The highest BCUT2D eigenvalue weighted by molar-refractivity contribution is 5.28. The van der Waals surface area contributed by atoms with Crippen LogP contribution in [0.3, 0.4) is 0 Å². The fourth-order valence-electron chi connectivity index (χ4n) is 2.09. The molecule has 20 heavy (non-hydrogen) atoms. The van der Waals surface area contributed by atoms with Gasteiger partial charge in [0.2, 0.25) is 0 Å². The Kier molecular flexibility index (Phi) is 4.97. The van der Waals surface area contributed by atoms with Crippen molar-refractivity contribution in [2.45, 2.75) is 12.5 Å². The van der Waals surface area contributed by atoms with E-state index in [1.54, 1.807) is 18.0 Å². The van der Waals surface area contributed by atoms with Crippen molar-refractivity contribution in [3.8, 4) is 11.5 Å². The van der Waals surface area contributed by atoms with Crippen molar-refractivity contribution in [1.29, 1.82) is 0 Å². The summed E-state index contributed by atoms with van der Waals surface area (Å²) < 4.78 is 12.7. The first-order chi connectivity index (χ1) is 9.76. The zero-order valence-electron chi connectivity index (χ0n) is 11.7. The standard InChI is InChI=1S/C14H20N4O2/c1-18-14(13(19-2)10-16-18)12(17-15)8-9-20-11-6-4-3-5-7-11/h3-7,10,12,17H,8-9,15H2,1-2H3. The first-order valence-electron chi connectivity index (χ1n) is 6.46. The molecule has 2 rings (SSSR count). The number of hydrazine groups is 1. The highest BCUT2D eigenvalue weighted by atomic mass is 16.5. The minimum absolute atomic E-state index is 0.0823. The number of methoxy groups -OCH3 is 1. The Morgan fingerprint density at radius 2 is 2.10 bits per heavy atom. The van der Waals surface area contributed by atoms with Gasteiger partial charge in [-0.1, -0.05) is 18.2 Å². The van der Waals surface area contributed by atoms with E-state index >= 15 is 0 Å². The van der Waals surface area contributed by atoms with Crippen LogP contribution >= 0.6 is 0 Å². The van der Waals surface area contributed by atoms with Crippen molar-refractivity contribution in [2.75, 3.05) is 13.7 Å². The van der Waals surface area contributed by atoms with E-state index in [0.29, 0.717) is 13.0 Å². The number of benzene rings is 1. The monoisotopic (exact) mass is 276 g/mol. The van der Waals surface area contributed by atoms with Gasteiger partial charge in [0.15, 0.2) is 5.75 Å². The van der Waals surface area contributed by atoms with E-state index in [0.717, 1.165) is 17.2 Å². The van der Waals surface area contributed by atoms with Gasteiger partial charge >= 0.3 is 0 Å². The molecule has 0 bridgehead atoms. The van der Waals surface area contributed by atoms with Gasteiger partial charge in [-0.25, -0.2) is 0 Å². The normalized spacial score (nSPS) is 12.2. The van der Waals surface area contributed by atoms with Gasteiger partial charge in [-0.3, -0.25) is 16.0 Å². The summed E-state index contributed by atoms with van der Waals surface area (Å²) in [7, 11) is 3.48. The molecule has 108 valence electrons.